The lowest BCUT2D eigenvalue weighted by Crippen LogP contribution is -2.56. The number of hydrogen-bond donors (Lipinski definition) is 7. The zero-order valence-electron chi connectivity index (χ0n) is 24.3. The quantitative estimate of drug-likeness (QED) is 0.123. The molecule has 0 aliphatic carbocycles. The number of aliphatic carboxylic acids is 1. The first-order valence-corrected chi connectivity index (χ1v) is 13.9. The maximum Gasteiger partial charge on any atom is 0.326 e. The topological polar surface area (TPSA) is 209 Å². The molecule has 0 aliphatic rings. The van der Waals surface area contributed by atoms with Crippen molar-refractivity contribution in [2.75, 3.05) is 19.6 Å². The standard InChI is InChI=1S/C30H40N6O7/c1-19(2)13-22(28(40)33-18-27(39)35-24(30(42)43)15-21-11-7-4-8-12-21)36-29(41)23(14-20-9-5-3-6-10-20)34-26(38)17-32-25(37)16-31/h3-12,19,22-24H,13-18,31H2,1-2H3,(H,32,37)(H,33,40)(H,34,38)(H,35,39)(H,36,41)(H,42,43). The van der Waals surface area contributed by atoms with Crippen molar-refractivity contribution < 1.29 is 33.9 Å². The lowest BCUT2D eigenvalue weighted by Gasteiger charge is -2.24. The Balaban J connectivity index is 2.06. The highest BCUT2D eigenvalue weighted by molar-refractivity contribution is 5.94. The molecular formula is C30H40N6O7. The van der Waals surface area contributed by atoms with Gasteiger partial charge in [-0.15, -0.1) is 0 Å². The third kappa shape index (κ3) is 13.2. The van der Waals surface area contributed by atoms with Gasteiger partial charge in [-0.05, 0) is 23.5 Å². The number of amides is 5. The summed E-state index contributed by atoms with van der Waals surface area (Å²) in [5, 5.41) is 22.0. The van der Waals surface area contributed by atoms with Gasteiger partial charge < -0.3 is 37.4 Å². The van der Waals surface area contributed by atoms with Crippen molar-refractivity contribution in [1.82, 2.24) is 26.6 Å². The van der Waals surface area contributed by atoms with Crippen molar-refractivity contribution in [1.29, 1.82) is 0 Å². The molecule has 3 atom stereocenters. The Kier molecular flexibility index (Phi) is 14.3. The van der Waals surface area contributed by atoms with Gasteiger partial charge in [-0.3, -0.25) is 24.0 Å². The fourth-order valence-corrected chi connectivity index (χ4v) is 4.12. The summed E-state index contributed by atoms with van der Waals surface area (Å²) < 4.78 is 0. The van der Waals surface area contributed by atoms with Crippen LogP contribution in [0, 0.1) is 5.92 Å². The highest BCUT2D eigenvalue weighted by Crippen LogP contribution is 2.08. The number of benzene rings is 2. The predicted molar refractivity (Wildman–Crippen MR) is 158 cm³/mol. The highest BCUT2D eigenvalue weighted by atomic mass is 16.4. The van der Waals surface area contributed by atoms with Crippen molar-refractivity contribution in [2.24, 2.45) is 11.7 Å². The first-order valence-electron chi connectivity index (χ1n) is 13.9. The molecule has 0 fully saturated rings. The summed E-state index contributed by atoms with van der Waals surface area (Å²) in [6, 6.07) is 14.4. The number of carbonyl (C=O) groups is 6. The molecule has 0 heterocycles. The maximum atomic E-state index is 13.3. The summed E-state index contributed by atoms with van der Waals surface area (Å²) >= 11 is 0. The van der Waals surface area contributed by atoms with Crippen LogP contribution in [0.25, 0.3) is 0 Å². The van der Waals surface area contributed by atoms with Crippen LogP contribution in [0.5, 0.6) is 0 Å². The fraction of sp³-hybridized carbons (Fsp3) is 0.400. The van der Waals surface area contributed by atoms with E-state index in [1.807, 2.05) is 13.8 Å². The summed E-state index contributed by atoms with van der Waals surface area (Å²) in [5.41, 5.74) is 6.72. The van der Waals surface area contributed by atoms with Crippen LogP contribution in [0.3, 0.4) is 0 Å². The van der Waals surface area contributed by atoms with Gasteiger partial charge in [0, 0.05) is 12.8 Å². The minimum absolute atomic E-state index is 0.0271. The molecule has 232 valence electrons. The third-order valence-electron chi connectivity index (χ3n) is 6.25. The molecule has 43 heavy (non-hydrogen) atoms. The molecule has 0 saturated heterocycles. The smallest absolute Gasteiger partial charge is 0.326 e. The lowest BCUT2D eigenvalue weighted by atomic mass is 10.0. The van der Waals surface area contributed by atoms with Gasteiger partial charge in [0.25, 0.3) is 0 Å². The molecule has 13 heteroatoms. The van der Waals surface area contributed by atoms with Crippen LogP contribution in [0.4, 0.5) is 0 Å². The number of rotatable bonds is 17. The zero-order chi connectivity index (χ0) is 31.8. The number of carboxylic acid groups (broad SMARTS) is 1. The van der Waals surface area contributed by atoms with E-state index in [0.29, 0.717) is 0 Å². The lowest BCUT2D eigenvalue weighted by molar-refractivity contribution is -0.141. The van der Waals surface area contributed by atoms with Crippen LogP contribution in [-0.4, -0.2) is 78.4 Å². The number of hydrogen-bond acceptors (Lipinski definition) is 7. The monoisotopic (exact) mass is 596 g/mol. The Morgan fingerprint density at radius 1 is 0.651 bits per heavy atom. The molecule has 2 aromatic carbocycles. The second-order valence-corrected chi connectivity index (χ2v) is 10.3. The van der Waals surface area contributed by atoms with Gasteiger partial charge in [-0.2, -0.15) is 0 Å². The third-order valence-corrected chi connectivity index (χ3v) is 6.25. The largest absolute Gasteiger partial charge is 0.480 e. The van der Waals surface area contributed by atoms with Gasteiger partial charge in [0.2, 0.25) is 29.5 Å². The first kappa shape index (κ1) is 34.4. The molecule has 3 unspecified atom stereocenters. The van der Waals surface area contributed by atoms with Crippen LogP contribution in [-0.2, 0) is 41.6 Å². The molecule has 2 aromatic rings. The molecule has 5 amide bonds. The number of nitrogens with one attached hydrogen (secondary N) is 5. The van der Waals surface area contributed by atoms with Crippen LogP contribution in [0.1, 0.15) is 31.4 Å². The van der Waals surface area contributed by atoms with E-state index in [1.165, 1.54) is 0 Å². The summed E-state index contributed by atoms with van der Waals surface area (Å²) in [4.78, 5) is 74.5. The van der Waals surface area contributed by atoms with Crippen molar-refractivity contribution in [2.45, 2.75) is 51.2 Å². The maximum absolute atomic E-state index is 13.3. The summed E-state index contributed by atoms with van der Waals surface area (Å²) in [5.74, 6) is -4.40. The van der Waals surface area contributed by atoms with Crippen LogP contribution < -0.4 is 32.3 Å². The predicted octanol–water partition coefficient (Wildman–Crippen LogP) is -0.752. The van der Waals surface area contributed by atoms with Gasteiger partial charge >= 0.3 is 5.97 Å². The van der Waals surface area contributed by atoms with Gasteiger partial charge in [-0.25, -0.2) is 4.79 Å². The normalized spacial score (nSPS) is 12.7. The first-order chi connectivity index (χ1) is 20.5. The van der Waals surface area contributed by atoms with Crippen molar-refractivity contribution in [3.63, 3.8) is 0 Å². The molecule has 0 aliphatic heterocycles. The van der Waals surface area contributed by atoms with E-state index in [9.17, 15) is 33.9 Å². The Labute approximate surface area is 250 Å². The average Bonchev–Trinajstić information content (AvgIpc) is 2.98. The van der Waals surface area contributed by atoms with Crippen LogP contribution in [0.2, 0.25) is 0 Å². The van der Waals surface area contributed by atoms with E-state index in [4.69, 9.17) is 5.73 Å². The minimum Gasteiger partial charge on any atom is -0.480 e. The molecule has 13 nitrogen and oxygen atoms in total. The SMILES string of the molecule is CC(C)CC(NC(=O)C(Cc1ccccc1)NC(=O)CNC(=O)CN)C(=O)NCC(=O)NC(Cc1ccccc1)C(=O)O. The van der Waals surface area contributed by atoms with E-state index in [0.717, 1.165) is 11.1 Å². The number of carbonyl (C=O) groups excluding carboxylic acids is 5. The number of carboxylic acids is 1. The van der Waals surface area contributed by atoms with Crippen molar-refractivity contribution in [3.05, 3.63) is 71.8 Å². The van der Waals surface area contributed by atoms with Gasteiger partial charge in [0.05, 0.1) is 19.6 Å². The van der Waals surface area contributed by atoms with Crippen molar-refractivity contribution in [3.8, 4) is 0 Å². The fourth-order valence-electron chi connectivity index (χ4n) is 4.12. The van der Waals surface area contributed by atoms with Crippen LogP contribution in [0.15, 0.2) is 60.7 Å². The second kappa shape index (κ2) is 17.9. The molecule has 8 N–H and O–H groups in total. The molecule has 0 saturated carbocycles. The molecule has 0 bridgehead atoms. The van der Waals surface area contributed by atoms with Crippen molar-refractivity contribution >= 4 is 35.5 Å². The zero-order valence-corrected chi connectivity index (χ0v) is 24.3. The molecule has 2 rings (SSSR count). The van der Waals surface area contributed by atoms with Crippen LogP contribution >= 0.6 is 0 Å². The molecule has 0 aromatic heterocycles. The Morgan fingerprint density at radius 3 is 1.63 bits per heavy atom. The summed E-state index contributed by atoms with van der Waals surface area (Å²) in [6.07, 6.45) is 0.398. The van der Waals surface area contributed by atoms with E-state index in [2.05, 4.69) is 26.6 Å². The molecule has 0 spiro atoms. The van der Waals surface area contributed by atoms with Gasteiger partial charge in [-0.1, -0.05) is 74.5 Å². The van der Waals surface area contributed by atoms with E-state index in [-0.39, 0.29) is 38.3 Å². The van der Waals surface area contributed by atoms with Gasteiger partial charge in [0.15, 0.2) is 0 Å². The average molecular weight is 597 g/mol. The second-order valence-electron chi connectivity index (χ2n) is 10.3. The number of nitrogens with two attached hydrogens (primary N) is 1. The highest BCUT2D eigenvalue weighted by Gasteiger charge is 2.28. The summed E-state index contributed by atoms with van der Waals surface area (Å²) in [7, 11) is 0. The minimum atomic E-state index is -1.22. The van der Waals surface area contributed by atoms with E-state index in [1.54, 1.807) is 60.7 Å². The van der Waals surface area contributed by atoms with E-state index >= 15 is 0 Å². The summed E-state index contributed by atoms with van der Waals surface area (Å²) in [6.45, 7) is 2.51. The Hall–Kier alpha value is -4.78. The Morgan fingerprint density at radius 2 is 1.14 bits per heavy atom. The molecular weight excluding hydrogens is 556 g/mol. The van der Waals surface area contributed by atoms with E-state index < -0.39 is 60.2 Å². The van der Waals surface area contributed by atoms with Gasteiger partial charge in [0.1, 0.15) is 18.1 Å². The Bertz CT molecular complexity index is 1240. The molecule has 0 radical (unpaired) electrons.